The van der Waals surface area contributed by atoms with E-state index in [0.29, 0.717) is 41.3 Å². The minimum atomic E-state index is -0.281. The van der Waals surface area contributed by atoms with Crippen LogP contribution in [0.25, 0.3) is 11.2 Å². The summed E-state index contributed by atoms with van der Waals surface area (Å²) in [5.74, 6) is 0.0653. The molecule has 2 aromatic rings. The zero-order valence-corrected chi connectivity index (χ0v) is 11.3. The fourth-order valence-corrected chi connectivity index (χ4v) is 2.09. The average molecular weight is 314 g/mol. The van der Waals surface area contributed by atoms with Crippen molar-refractivity contribution in [1.82, 2.24) is 19.5 Å². The second-order valence-electron chi connectivity index (χ2n) is 3.66. The summed E-state index contributed by atoms with van der Waals surface area (Å²) in [6.07, 6.45) is 2.07. The number of halogens is 1. The second-order valence-corrected chi connectivity index (χ2v) is 4.37. The maximum Gasteiger partial charge on any atom is 0.302 e. The first-order valence-electron chi connectivity index (χ1n) is 5.35. The highest BCUT2D eigenvalue weighted by atomic mass is 79.9. The topological polar surface area (TPSA) is 95.9 Å². The van der Waals surface area contributed by atoms with Gasteiger partial charge in [-0.1, -0.05) is 0 Å². The predicted octanol–water partition coefficient (Wildman–Crippen LogP) is 1.12. The monoisotopic (exact) mass is 313 g/mol. The molecule has 0 radical (unpaired) electrons. The number of anilines is 1. The Morgan fingerprint density at radius 2 is 2.33 bits per heavy atom. The number of nitrogens with zero attached hydrogens (tertiary/aromatic N) is 4. The molecule has 0 aliphatic heterocycles. The van der Waals surface area contributed by atoms with Gasteiger partial charge in [-0.05, 0) is 22.4 Å². The third-order valence-corrected chi connectivity index (χ3v) is 2.95. The molecule has 2 rings (SSSR count). The Balaban J connectivity index is 2.15. The van der Waals surface area contributed by atoms with Crippen LogP contribution in [0, 0.1) is 0 Å². The highest BCUT2D eigenvalue weighted by molar-refractivity contribution is 9.10. The molecule has 0 saturated carbocycles. The number of carbonyl (C=O) groups is 1. The van der Waals surface area contributed by atoms with Crippen molar-refractivity contribution in [3.8, 4) is 0 Å². The quantitative estimate of drug-likeness (QED) is 0.516. The number of aryl methyl sites for hydroxylation is 1. The minimum absolute atomic E-state index is 0.281. The molecule has 8 heteroatoms. The van der Waals surface area contributed by atoms with Gasteiger partial charge in [0.15, 0.2) is 21.7 Å². The van der Waals surface area contributed by atoms with Crippen LogP contribution < -0.4 is 5.73 Å². The van der Waals surface area contributed by atoms with Crippen LogP contribution in [0.4, 0.5) is 5.82 Å². The van der Waals surface area contributed by atoms with Crippen LogP contribution in [0.2, 0.25) is 0 Å². The van der Waals surface area contributed by atoms with Crippen LogP contribution in [0.1, 0.15) is 13.3 Å². The second kappa shape index (κ2) is 5.30. The molecule has 0 spiro atoms. The van der Waals surface area contributed by atoms with Gasteiger partial charge in [-0.25, -0.2) is 15.0 Å². The van der Waals surface area contributed by atoms with Crippen molar-refractivity contribution < 1.29 is 9.53 Å². The molecule has 96 valence electrons. The molecule has 0 aromatic carbocycles. The molecule has 7 nitrogen and oxygen atoms in total. The van der Waals surface area contributed by atoms with E-state index in [-0.39, 0.29) is 5.97 Å². The van der Waals surface area contributed by atoms with Crippen LogP contribution in [0.15, 0.2) is 11.1 Å². The number of carbonyl (C=O) groups excluding carboxylic acids is 1. The molecule has 0 amide bonds. The van der Waals surface area contributed by atoms with Gasteiger partial charge >= 0.3 is 5.97 Å². The summed E-state index contributed by atoms with van der Waals surface area (Å²) in [4.78, 5) is 22.9. The van der Waals surface area contributed by atoms with Gasteiger partial charge in [-0.3, -0.25) is 4.79 Å². The van der Waals surface area contributed by atoms with Gasteiger partial charge in [0, 0.05) is 13.5 Å². The van der Waals surface area contributed by atoms with Gasteiger partial charge in [-0.15, -0.1) is 0 Å². The maximum atomic E-state index is 10.6. The number of ether oxygens (including phenoxy) is 1. The lowest BCUT2D eigenvalue weighted by Gasteiger charge is -2.05. The van der Waals surface area contributed by atoms with Gasteiger partial charge in [0.2, 0.25) is 0 Å². The molecule has 2 aromatic heterocycles. The summed E-state index contributed by atoms with van der Waals surface area (Å²) in [6.45, 7) is 2.37. The SMILES string of the molecule is CC(=O)OCCCn1c(Br)nc2c(N)ncnc21. The lowest BCUT2D eigenvalue weighted by atomic mass is 10.4. The summed E-state index contributed by atoms with van der Waals surface area (Å²) >= 11 is 3.35. The summed E-state index contributed by atoms with van der Waals surface area (Å²) in [6, 6.07) is 0. The lowest BCUT2D eigenvalue weighted by molar-refractivity contribution is -0.141. The van der Waals surface area contributed by atoms with Crippen molar-refractivity contribution in [3.63, 3.8) is 0 Å². The summed E-state index contributed by atoms with van der Waals surface area (Å²) in [5, 5.41) is 0. The maximum absolute atomic E-state index is 10.6. The van der Waals surface area contributed by atoms with Crippen molar-refractivity contribution >= 4 is 38.9 Å². The minimum Gasteiger partial charge on any atom is -0.466 e. The van der Waals surface area contributed by atoms with Gasteiger partial charge in [0.25, 0.3) is 0 Å². The van der Waals surface area contributed by atoms with Gasteiger partial charge in [0.05, 0.1) is 6.61 Å². The number of esters is 1. The predicted molar refractivity (Wildman–Crippen MR) is 68.7 cm³/mol. The van der Waals surface area contributed by atoms with Gasteiger partial charge < -0.3 is 15.0 Å². The number of aromatic nitrogens is 4. The molecule has 18 heavy (non-hydrogen) atoms. The first-order chi connectivity index (χ1) is 8.59. The molecule has 2 N–H and O–H groups in total. The largest absolute Gasteiger partial charge is 0.466 e. The molecule has 0 aliphatic rings. The van der Waals surface area contributed by atoms with Crippen molar-refractivity contribution in [3.05, 3.63) is 11.1 Å². The number of hydrogen-bond acceptors (Lipinski definition) is 6. The highest BCUT2D eigenvalue weighted by Gasteiger charge is 2.12. The first-order valence-corrected chi connectivity index (χ1v) is 6.14. The van der Waals surface area contributed by atoms with Gasteiger partial charge in [0.1, 0.15) is 6.33 Å². The number of imidazole rings is 1. The smallest absolute Gasteiger partial charge is 0.302 e. The molecule has 0 bridgehead atoms. The van der Waals surface area contributed by atoms with E-state index in [1.165, 1.54) is 13.3 Å². The fraction of sp³-hybridized carbons (Fsp3) is 0.400. The van der Waals surface area contributed by atoms with E-state index in [2.05, 4.69) is 30.9 Å². The van der Waals surface area contributed by atoms with Crippen molar-refractivity contribution in [2.75, 3.05) is 12.3 Å². The van der Waals surface area contributed by atoms with E-state index in [1.54, 1.807) is 0 Å². The van der Waals surface area contributed by atoms with E-state index >= 15 is 0 Å². The van der Waals surface area contributed by atoms with Crippen molar-refractivity contribution in [1.29, 1.82) is 0 Å². The van der Waals surface area contributed by atoms with Crippen LogP contribution >= 0.6 is 15.9 Å². The molecule has 2 heterocycles. The Hall–Kier alpha value is -1.70. The van der Waals surface area contributed by atoms with E-state index in [4.69, 9.17) is 10.5 Å². The first kappa shape index (κ1) is 12.7. The molecule has 0 aliphatic carbocycles. The van der Waals surface area contributed by atoms with E-state index < -0.39 is 0 Å². The summed E-state index contributed by atoms with van der Waals surface area (Å²) in [7, 11) is 0. The Kier molecular flexibility index (Phi) is 3.75. The lowest BCUT2D eigenvalue weighted by Crippen LogP contribution is -2.06. The standard InChI is InChI=1S/C10H12BrN5O2/c1-6(17)18-4-2-3-16-9-7(15-10(16)11)8(12)13-5-14-9/h5H,2-4H2,1H3,(H2,12,13,14). The molecular weight excluding hydrogens is 302 g/mol. The Morgan fingerprint density at radius 1 is 1.56 bits per heavy atom. The zero-order valence-electron chi connectivity index (χ0n) is 9.76. The highest BCUT2D eigenvalue weighted by Crippen LogP contribution is 2.21. The summed E-state index contributed by atoms with van der Waals surface area (Å²) in [5.41, 5.74) is 6.95. The van der Waals surface area contributed by atoms with E-state index in [0.717, 1.165) is 0 Å². The normalized spacial score (nSPS) is 10.8. The zero-order chi connectivity index (χ0) is 13.1. The molecular formula is C10H12BrN5O2. The van der Waals surface area contributed by atoms with Crippen LogP contribution in [0.5, 0.6) is 0 Å². The van der Waals surface area contributed by atoms with Crippen LogP contribution in [0.3, 0.4) is 0 Å². The third kappa shape index (κ3) is 2.58. The molecule has 0 saturated heterocycles. The number of hydrogen-bond donors (Lipinski definition) is 1. The summed E-state index contributed by atoms with van der Waals surface area (Å²) < 4.78 is 7.36. The average Bonchev–Trinajstić information content (AvgIpc) is 2.63. The molecule has 0 fully saturated rings. The number of nitrogens with two attached hydrogens (primary N) is 1. The van der Waals surface area contributed by atoms with Crippen molar-refractivity contribution in [2.24, 2.45) is 0 Å². The van der Waals surface area contributed by atoms with E-state index in [9.17, 15) is 4.79 Å². The van der Waals surface area contributed by atoms with Gasteiger partial charge in [-0.2, -0.15) is 0 Å². The molecule has 0 atom stereocenters. The van der Waals surface area contributed by atoms with Crippen LogP contribution in [-0.2, 0) is 16.1 Å². The third-order valence-electron chi connectivity index (χ3n) is 2.35. The Labute approximate surface area is 111 Å². The van der Waals surface area contributed by atoms with Crippen LogP contribution in [-0.4, -0.2) is 32.1 Å². The Bertz CT molecular complexity index is 583. The Morgan fingerprint density at radius 3 is 3.06 bits per heavy atom. The number of nitrogen functional groups attached to an aromatic ring is 1. The number of rotatable bonds is 4. The van der Waals surface area contributed by atoms with E-state index in [1.807, 2.05) is 4.57 Å². The molecule has 0 unspecified atom stereocenters. The van der Waals surface area contributed by atoms with Crippen molar-refractivity contribution in [2.45, 2.75) is 19.9 Å². The fourth-order valence-electron chi connectivity index (χ4n) is 1.56. The number of fused-ring (bicyclic) bond motifs is 1.